The van der Waals surface area contributed by atoms with Crippen LogP contribution < -0.4 is 10.7 Å². The third kappa shape index (κ3) is 5.65. The van der Waals surface area contributed by atoms with Crippen LogP contribution in [0.5, 0.6) is 0 Å². The normalized spacial score (nSPS) is 19.9. The van der Waals surface area contributed by atoms with E-state index in [9.17, 15) is 19.2 Å². The van der Waals surface area contributed by atoms with E-state index in [4.69, 9.17) is 15.2 Å². The van der Waals surface area contributed by atoms with Gasteiger partial charge >= 0.3 is 12.1 Å². The number of nitrogens with one attached hydrogen (secondary N) is 1. The Labute approximate surface area is 256 Å². The number of benzene rings is 1. The number of morpholine rings is 1. The minimum Gasteiger partial charge on any atom is -0.444 e. The number of anilines is 1. The van der Waals surface area contributed by atoms with E-state index >= 15 is 0 Å². The van der Waals surface area contributed by atoms with Gasteiger partial charge in [-0.05, 0) is 52.5 Å². The number of hydrazine groups is 1. The van der Waals surface area contributed by atoms with Crippen LogP contribution in [0.2, 0.25) is 0 Å². The Kier molecular flexibility index (Phi) is 8.10. The average Bonchev–Trinajstić information content (AvgIpc) is 3.56. The first-order valence-electron chi connectivity index (χ1n) is 15.5. The summed E-state index contributed by atoms with van der Waals surface area (Å²) in [5.41, 5.74) is 8.72. The van der Waals surface area contributed by atoms with Gasteiger partial charge in [0.2, 0.25) is 5.91 Å². The number of fused-ring (bicyclic) bond motifs is 3. The predicted molar refractivity (Wildman–Crippen MR) is 161 cm³/mol. The van der Waals surface area contributed by atoms with Crippen LogP contribution in [0.25, 0.3) is 11.3 Å². The van der Waals surface area contributed by atoms with Gasteiger partial charge in [-0.25, -0.2) is 19.6 Å². The topological polar surface area (TPSA) is 154 Å². The summed E-state index contributed by atoms with van der Waals surface area (Å²) < 4.78 is 10.9. The van der Waals surface area contributed by atoms with E-state index in [0.717, 1.165) is 5.69 Å². The van der Waals surface area contributed by atoms with Crippen LogP contribution in [-0.2, 0) is 14.3 Å². The number of carbonyl (C=O) groups is 4. The first kappa shape index (κ1) is 30.1. The fraction of sp³-hybridized carbons (Fsp3) is 0.581. The number of nitrogens with zero attached hydrogens (tertiary/aromatic N) is 5. The van der Waals surface area contributed by atoms with Gasteiger partial charge in [0.1, 0.15) is 11.3 Å². The van der Waals surface area contributed by atoms with Crippen molar-refractivity contribution in [3.8, 4) is 11.3 Å². The maximum absolute atomic E-state index is 14.0. The maximum atomic E-state index is 14.0. The fourth-order valence-corrected chi connectivity index (χ4v) is 6.80. The molecule has 1 aliphatic carbocycles. The zero-order chi connectivity index (χ0) is 31.2. The lowest BCUT2D eigenvalue weighted by atomic mass is 9.88. The number of nitrogens with two attached hydrogens (primary N) is 1. The summed E-state index contributed by atoms with van der Waals surface area (Å²) in [6.45, 7) is 9.61. The van der Waals surface area contributed by atoms with E-state index in [1.54, 1.807) is 11.0 Å². The number of likely N-dealkylation sites (tertiary alicyclic amines) is 2. The van der Waals surface area contributed by atoms with Gasteiger partial charge in [-0.2, -0.15) is 5.10 Å². The van der Waals surface area contributed by atoms with Crippen LogP contribution in [-0.4, -0.2) is 107 Å². The van der Waals surface area contributed by atoms with Gasteiger partial charge in [-0.1, -0.05) is 12.1 Å². The fourth-order valence-electron chi connectivity index (χ4n) is 6.80. The van der Waals surface area contributed by atoms with Crippen molar-refractivity contribution >= 4 is 29.5 Å². The maximum Gasteiger partial charge on any atom is 0.410 e. The van der Waals surface area contributed by atoms with Crippen LogP contribution in [0.4, 0.5) is 15.3 Å². The molecule has 6 rings (SSSR count). The van der Waals surface area contributed by atoms with Crippen molar-refractivity contribution in [2.45, 2.75) is 58.0 Å². The van der Waals surface area contributed by atoms with Gasteiger partial charge < -0.3 is 25.0 Å². The third-order valence-corrected chi connectivity index (χ3v) is 8.96. The molecule has 4 aliphatic rings. The van der Waals surface area contributed by atoms with Gasteiger partial charge in [0.15, 0.2) is 5.78 Å². The molecule has 0 radical (unpaired) electrons. The van der Waals surface area contributed by atoms with Gasteiger partial charge in [-0.15, -0.1) is 0 Å². The monoisotopic (exact) mass is 607 g/mol. The summed E-state index contributed by atoms with van der Waals surface area (Å²) in [6.07, 6.45) is 2.31. The lowest BCUT2D eigenvalue weighted by molar-refractivity contribution is -0.138. The second-order valence-electron chi connectivity index (χ2n) is 12.9. The molecule has 2 aromatic rings. The summed E-state index contributed by atoms with van der Waals surface area (Å²) in [6, 6.07) is 4.74. The van der Waals surface area contributed by atoms with Crippen molar-refractivity contribution in [2.24, 2.45) is 11.7 Å². The molecule has 1 aromatic carbocycles. The second-order valence-corrected chi connectivity index (χ2v) is 12.9. The molecule has 0 unspecified atom stereocenters. The number of piperidine rings is 2. The molecule has 13 nitrogen and oxygen atoms in total. The third-order valence-electron chi connectivity index (χ3n) is 8.96. The molecule has 13 heteroatoms. The van der Waals surface area contributed by atoms with Gasteiger partial charge in [0.05, 0.1) is 35.7 Å². The molecule has 4 heterocycles. The second kappa shape index (κ2) is 11.8. The van der Waals surface area contributed by atoms with Crippen molar-refractivity contribution in [3.05, 3.63) is 35.0 Å². The Hall–Kier alpha value is -3.97. The summed E-state index contributed by atoms with van der Waals surface area (Å²) >= 11 is 0. The number of aromatic nitrogens is 2. The van der Waals surface area contributed by atoms with Gasteiger partial charge in [-0.3, -0.25) is 14.7 Å². The molecule has 236 valence electrons. The number of ketones is 1. The van der Waals surface area contributed by atoms with E-state index < -0.39 is 11.6 Å². The van der Waals surface area contributed by atoms with Crippen LogP contribution in [0, 0.1) is 5.92 Å². The molecule has 3 aliphatic heterocycles. The number of carbonyl (C=O) groups excluding carboxylic acids is 4. The standard InChI is InChI=1S/C31H41N7O6/c1-31(2,3)44-30(42)36-13-9-20(10-14-36)28(40)35-11-7-19(8-12-35)25-24-26(34-33-25)21-5-4-6-22(23(21)27(24)39)38(29(32)41)37-15-17-43-18-16-37/h4-6,19-20H,7-18H2,1-3H3,(H2,32,41)(H,33,34). The summed E-state index contributed by atoms with van der Waals surface area (Å²) in [7, 11) is 0. The quantitative estimate of drug-likeness (QED) is 0.459. The first-order chi connectivity index (χ1) is 21.0. The summed E-state index contributed by atoms with van der Waals surface area (Å²) in [5.74, 6) is -0.123. The van der Waals surface area contributed by atoms with Crippen molar-refractivity contribution < 1.29 is 28.7 Å². The van der Waals surface area contributed by atoms with Crippen molar-refractivity contribution in [3.63, 3.8) is 0 Å². The predicted octanol–water partition coefficient (Wildman–Crippen LogP) is 3.11. The Morgan fingerprint density at radius 2 is 1.64 bits per heavy atom. The van der Waals surface area contributed by atoms with E-state index in [-0.39, 0.29) is 29.6 Å². The largest absolute Gasteiger partial charge is 0.444 e. The van der Waals surface area contributed by atoms with Gasteiger partial charge in [0, 0.05) is 56.7 Å². The molecular formula is C31H41N7O6. The van der Waals surface area contributed by atoms with E-state index in [1.165, 1.54) is 5.01 Å². The zero-order valence-electron chi connectivity index (χ0n) is 25.6. The van der Waals surface area contributed by atoms with Crippen LogP contribution >= 0.6 is 0 Å². The van der Waals surface area contributed by atoms with E-state index in [2.05, 4.69) is 10.2 Å². The molecular weight excluding hydrogens is 566 g/mol. The SMILES string of the molecule is CC(C)(C)OC(=O)N1CCC(C(=O)N2CCC(c3[nH]nc4c3C(=O)c3c-4cccc3N(C(N)=O)N3CCOCC3)CC2)CC1. The van der Waals surface area contributed by atoms with Crippen LogP contribution in [0.15, 0.2) is 18.2 Å². The van der Waals surface area contributed by atoms with Crippen molar-refractivity contribution in [2.75, 3.05) is 57.5 Å². The Bertz CT molecular complexity index is 1440. The number of urea groups is 1. The summed E-state index contributed by atoms with van der Waals surface area (Å²) in [5, 5.41) is 10.9. The first-order valence-corrected chi connectivity index (χ1v) is 15.5. The molecule has 3 N–H and O–H groups in total. The lowest BCUT2D eigenvalue weighted by Gasteiger charge is -2.37. The summed E-state index contributed by atoms with van der Waals surface area (Å²) in [4.78, 5) is 56.0. The zero-order valence-corrected chi connectivity index (χ0v) is 25.6. The number of hydrogen-bond acceptors (Lipinski definition) is 8. The highest BCUT2D eigenvalue weighted by Gasteiger charge is 2.40. The average molecular weight is 608 g/mol. The molecule has 0 atom stereocenters. The highest BCUT2D eigenvalue weighted by molar-refractivity contribution is 6.25. The van der Waals surface area contributed by atoms with Crippen LogP contribution in [0.1, 0.15) is 74.0 Å². The molecule has 3 fully saturated rings. The molecule has 1 aromatic heterocycles. The molecule has 3 saturated heterocycles. The minimum absolute atomic E-state index is 0.0394. The number of hydrogen-bond donors (Lipinski definition) is 2. The van der Waals surface area contributed by atoms with Gasteiger partial charge in [0.25, 0.3) is 0 Å². The Balaban J connectivity index is 1.11. The van der Waals surface area contributed by atoms with Crippen molar-refractivity contribution in [1.82, 2.24) is 25.0 Å². The van der Waals surface area contributed by atoms with E-state index in [0.29, 0.717) is 106 Å². The van der Waals surface area contributed by atoms with Crippen LogP contribution in [0.3, 0.4) is 0 Å². The molecule has 0 saturated carbocycles. The molecule has 0 spiro atoms. The minimum atomic E-state index is -0.660. The number of amides is 4. The highest BCUT2D eigenvalue weighted by Crippen LogP contribution is 2.44. The number of H-pyrrole nitrogens is 1. The molecule has 0 bridgehead atoms. The number of aromatic amines is 1. The Morgan fingerprint density at radius 1 is 0.977 bits per heavy atom. The smallest absolute Gasteiger partial charge is 0.410 e. The lowest BCUT2D eigenvalue weighted by Crippen LogP contribution is -2.54. The highest BCUT2D eigenvalue weighted by atomic mass is 16.6. The Morgan fingerprint density at radius 3 is 2.27 bits per heavy atom. The molecule has 44 heavy (non-hydrogen) atoms. The number of primary amides is 1. The molecule has 4 amide bonds. The van der Waals surface area contributed by atoms with Crippen molar-refractivity contribution in [1.29, 1.82) is 0 Å². The number of rotatable bonds is 4. The van der Waals surface area contributed by atoms with E-state index in [1.807, 2.05) is 42.8 Å². The number of ether oxygens (including phenoxy) is 2.